The first-order valence-corrected chi connectivity index (χ1v) is 13.2. The summed E-state index contributed by atoms with van der Waals surface area (Å²) in [4.78, 5) is 13.9. The summed E-state index contributed by atoms with van der Waals surface area (Å²) in [7, 11) is 1.92. The zero-order chi connectivity index (χ0) is 20.5. The number of imidazole rings is 1. The number of benzene rings is 1. The Hall–Kier alpha value is -2.85. The van der Waals surface area contributed by atoms with Crippen molar-refractivity contribution in [3.05, 3.63) is 67.0 Å². The second-order valence-corrected chi connectivity index (χ2v) is 8.79. The van der Waals surface area contributed by atoms with E-state index in [1.807, 2.05) is 51.3 Å². The van der Waals surface area contributed by atoms with E-state index in [0.29, 0.717) is 30.1 Å². The molecule has 4 aromatic heterocycles. The van der Waals surface area contributed by atoms with E-state index in [4.69, 9.17) is 9.97 Å². The van der Waals surface area contributed by atoms with Crippen LogP contribution in [-0.2, 0) is 13.6 Å². The van der Waals surface area contributed by atoms with Gasteiger partial charge in [0.25, 0.3) is 0 Å². The van der Waals surface area contributed by atoms with Crippen LogP contribution in [-0.4, -0.2) is 38.9 Å². The van der Waals surface area contributed by atoms with Gasteiger partial charge in [-0.3, -0.25) is 4.68 Å². The fourth-order valence-electron chi connectivity index (χ4n) is 3.13. The van der Waals surface area contributed by atoms with Crippen LogP contribution in [0.4, 0.5) is 11.5 Å². The van der Waals surface area contributed by atoms with Crippen LogP contribution in [0.3, 0.4) is 0 Å². The number of aryl methyl sites for hydroxylation is 1. The highest BCUT2D eigenvalue weighted by atomic mass is 127. The smallest absolute Gasteiger partial charge is 0.167 e. The Balaban J connectivity index is 1.48. The van der Waals surface area contributed by atoms with Crippen LogP contribution in [0.15, 0.2) is 61.4 Å². The fourth-order valence-corrected chi connectivity index (χ4v) is 4.21. The summed E-state index contributed by atoms with van der Waals surface area (Å²) in [5, 5.41) is 12.2. The van der Waals surface area contributed by atoms with E-state index in [9.17, 15) is 0 Å². The van der Waals surface area contributed by atoms with Crippen molar-refractivity contribution in [2.75, 3.05) is 5.32 Å². The number of rotatable bonds is 6. The highest BCUT2D eigenvalue weighted by Crippen LogP contribution is 2.28. The van der Waals surface area contributed by atoms with E-state index < -0.39 is 0 Å². The van der Waals surface area contributed by atoms with Crippen molar-refractivity contribution in [1.82, 2.24) is 38.9 Å². The minimum Gasteiger partial charge on any atom is -0.336 e. The molecule has 150 valence electrons. The number of aromatic nitrogens is 8. The van der Waals surface area contributed by atoms with E-state index in [1.165, 1.54) is 5.56 Å². The molecule has 0 aliphatic rings. The Kier molecular flexibility index (Phi) is 5.17. The van der Waals surface area contributed by atoms with Crippen molar-refractivity contribution in [2.45, 2.75) is 6.54 Å². The Bertz CT molecular complexity index is 1310. The number of hydrogen-bond acceptors (Lipinski definition) is 6. The van der Waals surface area contributed by atoms with Crippen LogP contribution in [0, 0.1) is 0 Å². The predicted octanol–water partition coefficient (Wildman–Crippen LogP) is 4.01. The molecule has 5 rings (SSSR count). The highest BCUT2D eigenvalue weighted by molar-refractivity contribution is 14.2. The van der Waals surface area contributed by atoms with Gasteiger partial charge in [0.15, 0.2) is 22.8 Å². The maximum atomic E-state index is 4.73. The first-order valence-electron chi connectivity index (χ1n) is 9.14. The van der Waals surface area contributed by atoms with E-state index in [1.54, 1.807) is 18.7 Å². The lowest BCUT2D eigenvalue weighted by molar-refractivity contribution is 0.687. The molecule has 11 heteroatoms. The molecule has 0 saturated carbocycles. The van der Waals surface area contributed by atoms with Gasteiger partial charge in [0.2, 0.25) is 0 Å². The summed E-state index contributed by atoms with van der Waals surface area (Å²) >= 11 is 2.29. The Morgan fingerprint density at radius 2 is 1.93 bits per heavy atom. The molecule has 0 saturated heterocycles. The van der Waals surface area contributed by atoms with Gasteiger partial charge in [0.1, 0.15) is 0 Å². The molecule has 9 nitrogen and oxygen atoms in total. The van der Waals surface area contributed by atoms with Crippen molar-refractivity contribution < 1.29 is 0 Å². The SMILES string of the molecule is Cn1cnc2c(Nc3cnn(Cc4ccccc4)c3)nc(-c3cnn(PI)c3)nc21. The third kappa shape index (κ3) is 3.80. The van der Waals surface area contributed by atoms with Crippen molar-refractivity contribution >= 4 is 51.1 Å². The normalized spacial score (nSPS) is 11.7. The maximum absolute atomic E-state index is 4.73. The minimum atomic E-state index is 0.522. The van der Waals surface area contributed by atoms with Crippen molar-refractivity contribution in [3.63, 3.8) is 0 Å². The minimum absolute atomic E-state index is 0.522. The third-order valence-electron chi connectivity index (χ3n) is 4.57. The van der Waals surface area contributed by atoms with Crippen LogP contribution in [0.5, 0.6) is 0 Å². The standard InChI is InChI=1S/C19H17IN9P/c1-27-12-21-16-18(25-17(26-19(16)27)14-7-23-29(10-14)30-20)24-15-8-22-28(11-15)9-13-5-3-2-4-6-13/h2-8,10-12,30H,9H2,1H3,(H,24,25,26). The molecule has 0 aliphatic heterocycles. The number of hydrogen-bond donors (Lipinski definition) is 1. The quantitative estimate of drug-likeness (QED) is 0.264. The van der Waals surface area contributed by atoms with Crippen molar-refractivity contribution in [1.29, 1.82) is 0 Å². The summed E-state index contributed by atoms with van der Waals surface area (Å²) < 4.78 is 5.64. The molecule has 4 heterocycles. The number of anilines is 2. The van der Waals surface area contributed by atoms with Crippen LogP contribution in [0.25, 0.3) is 22.6 Å². The lowest BCUT2D eigenvalue weighted by atomic mass is 10.2. The first kappa shape index (κ1) is 19.1. The van der Waals surface area contributed by atoms with Crippen molar-refractivity contribution in [2.24, 2.45) is 7.05 Å². The van der Waals surface area contributed by atoms with Gasteiger partial charge in [-0.15, -0.1) is 0 Å². The third-order valence-corrected chi connectivity index (χ3v) is 6.47. The van der Waals surface area contributed by atoms with Gasteiger partial charge >= 0.3 is 0 Å². The van der Waals surface area contributed by atoms with Gasteiger partial charge in [0.05, 0.1) is 42.9 Å². The molecule has 1 atom stereocenters. The lowest BCUT2D eigenvalue weighted by Crippen LogP contribution is -2.01. The predicted molar refractivity (Wildman–Crippen MR) is 126 cm³/mol. The van der Waals surface area contributed by atoms with Gasteiger partial charge < -0.3 is 9.88 Å². The molecule has 0 bridgehead atoms. The molecular formula is C19H17IN9P. The zero-order valence-electron chi connectivity index (χ0n) is 15.9. The molecule has 1 unspecified atom stereocenters. The van der Waals surface area contributed by atoms with E-state index in [-0.39, 0.29) is 0 Å². The summed E-state index contributed by atoms with van der Waals surface area (Å²) in [5.74, 6) is 1.24. The van der Waals surface area contributed by atoms with Crippen molar-refractivity contribution in [3.8, 4) is 11.4 Å². The van der Waals surface area contributed by atoms with Gasteiger partial charge in [-0.2, -0.15) is 10.2 Å². The molecular weight excluding hydrogens is 512 g/mol. The van der Waals surface area contributed by atoms with E-state index >= 15 is 0 Å². The topological polar surface area (TPSA) is 91.3 Å². The number of nitrogens with zero attached hydrogens (tertiary/aromatic N) is 8. The zero-order valence-corrected chi connectivity index (χ0v) is 19.1. The molecule has 30 heavy (non-hydrogen) atoms. The first-order chi connectivity index (χ1) is 14.7. The van der Waals surface area contributed by atoms with Crippen LogP contribution in [0.2, 0.25) is 0 Å². The number of nitrogens with one attached hydrogen (secondary N) is 1. The van der Waals surface area contributed by atoms with Gasteiger partial charge in [-0.25, -0.2) is 19.4 Å². The van der Waals surface area contributed by atoms with Crippen LogP contribution >= 0.6 is 28.4 Å². The molecule has 0 amide bonds. The average Bonchev–Trinajstić information content (AvgIpc) is 3.50. The molecule has 1 aromatic carbocycles. The number of fused-ring (bicyclic) bond motifs is 1. The van der Waals surface area contributed by atoms with Crippen LogP contribution < -0.4 is 5.32 Å². The molecule has 0 radical (unpaired) electrons. The highest BCUT2D eigenvalue weighted by Gasteiger charge is 2.15. The Morgan fingerprint density at radius 1 is 1.07 bits per heavy atom. The summed E-state index contributed by atoms with van der Waals surface area (Å²) in [5.41, 5.74) is 4.36. The average molecular weight is 529 g/mol. The molecule has 5 aromatic rings. The van der Waals surface area contributed by atoms with E-state index in [0.717, 1.165) is 16.9 Å². The maximum Gasteiger partial charge on any atom is 0.167 e. The molecule has 0 fully saturated rings. The Labute approximate surface area is 186 Å². The lowest BCUT2D eigenvalue weighted by Gasteiger charge is -2.06. The summed E-state index contributed by atoms with van der Waals surface area (Å²) in [6.45, 7) is 0.701. The largest absolute Gasteiger partial charge is 0.336 e. The second kappa shape index (κ2) is 8.11. The van der Waals surface area contributed by atoms with Crippen LogP contribution in [0.1, 0.15) is 5.56 Å². The summed E-state index contributed by atoms with van der Waals surface area (Å²) in [6, 6.07) is 10.2. The molecule has 0 spiro atoms. The fraction of sp³-hybridized carbons (Fsp3) is 0.105. The van der Waals surface area contributed by atoms with E-state index in [2.05, 4.69) is 54.7 Å². The Morgan fingerprint density at radius 3 is 2.73 bits per heavy atom. The van der Waals surface area contributed by atoms with Gasteiger partial charge in [0, 0.05) is 19.4 Å². The van der Waals surface area contributed by atoms with Gasteiger partial charge in [-0.1, -0.05) is 30.3 Å². The number of halogens is 1. The van der Waals surface area contributed by atoms with Gasteiger partial charge in [-0.05, 0) is 27.6 Å². The second-order valence-electron chi connectivity index (χ2n) is 6.72. The monoisotopic (exact) mass is 529 g/mol. The molecule has 0 aliphatic carbocycles. The molecule has 1 N–H and O–H groups in total. The summed E-state index contributed by atoms with van der Waals surface area (Å²) in [6.07, 6.45) is 9.74.